The van der Waals surface area contributed by atoms with Gasteiger partial charge < -0.3 is 9.15 Å². The summed E-state index contributed by atoms with van der Waals surface area (Å²) in [5.41, 5.74) is 0. The topological polar surface area (TPSA) is 35.3 Å². The van der Waals surface area contributed by atoms with E-state index in [-0.39, 0.29) is 22.7 Å². The average Bonchev–Trinajstić information content (AvgIpc) is 2.74. The van der Waals surface area contributed by atoms with Crippen molar-refractivity contribution >= 4 is 34.8 Å². The first kappa shape index (κ1) is 11.6. The second-order valence-corrected chi connectivity index (χ2v) is 4.09. The number of halogens is 3. The molecule has 0 radical (unpaired) electrons. The number of rotatable bonds is 3. The number of nitrogens with zero attached hydrogens (tertiary/aromatic N) is 1. The van der Waals surface area contributed by atoms with Gasteiger partial charge in [-0.25, -0.2) is 0 Å². The third-order valence-electron chi connectivity index (χ3n) is 1.79. The molecule has 2 rings (SSSR count). The lowest BCUT2D eigenvalue weighted by Gasteiger charge is -2.06. The number of furan rings is 1. The van der Waals surface area contributed by atoms with Crippen LogP contribution in [0.1, 0.15) is 5.76 Å². The predicted molar refractivity (Wildman–Crippen MR) is 62.3 cm³/mol. The minimum atomic E-state index is 0.153. The summed E-state index contributed by atoms with van der Waals surface area (Å²) in [7, 11) is 0. The smallest absolute Gasteiger partial charge is 0.234 e. The summed E-state index contributed by atoms with van der Waals surface area (Å²) in [6.07, 6.45) is 1.56. The van der Waals surface area contributed by atoms with E-state index in [0.29, 0.717) is 10.8 Å². The Morgan fingerprint density at radius 1 is 1.25 bits per heavy atom. The summed E-state index contributed by atoms with van der Waals surface area (Å²) in [6.45, 7) is 0.234. The summed E-state index contributed by atoms with van der Waals surface area (Å²) in [5, 5.41) is 0.749. The molecule has 0 saturated heterocycles. The van der Waals surface area contributed by atoms with Crippen LogP contribution in [0.5, 0.6) is 5.88 Å². The molecule has 16 heavy (non-hydrogen) atoms. The Morgan fingerprint density at radius 2 is 2.06 bits per heavy atom. The van der Waals surface area contributed by atoms with Crippen molar-refractivity contribution in [3.05, 3.63) is 45.4 Å². The lowest BCUT2D eigenvalue weighted by molar-refractivity contribution is 0.261. The van der Waals surface area contributed by atoms with E-state index >= 15 is 0 Å². The van der Waals surface area contributed by atoms with E-state index < -0.39 is 0 Å². The third kappa shape index (κ3) is 2.61. The first-order valence-electron chi connectivity index (χ1n) is 4.33. The molecular formula is C10H6Cl3NO2. The monoisotopic (exact) mass is 277 g/mol. The van der Waals surface area contributed by atoms with Crippen LogP contribution in [-0.2, 0) is 6.61 Å². The molecule has 0 bridgehead atoms. The van der Waals surface area contributed by atoms with E-state index in [1.807, 2.05) is 0 Å². The average molecular weight is 279 g/mol. The van der Waals surface area contributed by atoms with E-state index in [0.717, 1.165) is 0 Å². The van der Waals surface area contributed by atoms with E-state index in [9.17, 15) is 0 Å². The molecule has 0 aromatic carbocycles. The molecule has 0 fully saturated rings. The van der Waals surface area contributed by atoms with Crippen molar-refractivity contribution in [3.8, 4) is 5.88 Å². The lowest BCUT2D eigenvalue weighted by Crippen LogP contribution is -1.97. The van der Waals surface area contributed by atoms with Gasteiger partial charge in [-0.3, -0.25) is 0 Å². The van der Waals surface area contributed by atoms with Crippen molar-refractivity contribution in [2.24, 2.45) is 0 Å². The number of hydrogen-bond donors (Lipinski definition) is 0. The third-order valence-corrected chi connectivity index (χ3v) is 2.73. The van der Waals surface area contributed by atoms with Crippen LogP contribution in [0, 0.1) is 0 Å². The standard InChI is InChI=1S/C10H6Cl3NO2/c11-7-4-8(12)10(14-9(7)13)16-5-6-2-1-3-15-6/h1-4H,5H2. The van der Waals surface area contributed by atoms with E-state index in [4.69, 9.17) is 44.0 Å². The number of hydrogen-bond acceptors (Lipinski definition) is 3. The molecule has 84 valence electrons. The molecule has 6 heteroatoms. The highest BCUT2D eigenvalue weighted by Crippen LogP contribution is 2.30. The Morgan fingerprint density at radius 3 is 2.75 bits per heavy atom. The molecule has 0 N–H and O–H groups in total. The highest BCUT2D eigenvalue weighted by Gasteiger charge is 2.09. The first-order valence-corrected chi connectivity index (χ1v) is 5.47. The van der Waals surface area contributed by atoms with Crippen LogP contribution < -0.4 is 4.74 Å². The highest BCUT2D eigenvalue weighted by molar-refractivity contribution is 6.42. The largest absolute Gasteiger partial charge is 0.468 e. The summed E-state index contributed by atoms with van der Waals surface area (Å²) >= 11 is 17.4. The number of ether oxygens (including phenoxy) is 1. The van der Waals surface area contributed by atoms with Gasteiger partial charge >= 0.3 is 0 Å². The molecule has 0 amide bonds. The molecular weight excluding hydrogens is 272 g/mol. The Balaban J connectivity index is 2.12. The van der Waals surface area contributed by atoms with E-state index in [1.54, 1.807) is 18.4 Å². The zero-order valence-corrected chi connectivity index (χ0v) is 10.2. The first-order chi connectivity index (χ1) is 7.66. The fraction of sp³-hybridized carbons (Fsp3) is 0.100. The fourth-order valence-corrected chi connectivity index (χ4v) is 1.61. The Labute approximate surface area is 107 Å². The van der Waals surface area contributed by atoms with Crippen molar-refractivity contribution < 1.29 is 9.15 Å². The van der Waals surface area contributed by atoms with Gasteiger partial charge in [-0.1, -0.05) is 34.8 Å². The maximum absolute atomic E-state index is 5.88. The van der Waals surface area contributed by atoms with Crippen LogP contribution in [0.15, 0.2) is 28.9 Å². The van der Waals surface area contributed by atoms with Crippen molar-refractivity contribution in [2.45, 2.75) is 6.61 Å². The minimum Gasteiger partial charge on any atom is -0.468 e. The minimum absolute atomic E-state index is 0.153. The van der Waals surface area contributed by atoms with Crippen LogP contribution in [-0.4, -0.2) is 4.98 Å². The van der Waals surface area contributed by atoms with Gasteiger partial charge in [0.2, 0.25) is 5.88 Å². The maximum atomic E-state index is 5.88. The van der Waals surface area contributed by atoms with Crippen LogP contribution in [0.4, 0.5) is 0 Å². The van der Waals surface area contributed by atoms with E-state index in [2.05, 4.69) is 4.98 Å². The quantitative estimate of drug-likeness (QED) is 0.789. The summed E-state index contributed by atoms with van der Waals surface area (Å²) < 4.78 is 10.4. The van der Waals surface area contributed by atoms with Gasteiger partial charge in [0.25, 0.3) is 0 Å². The molecule has 0 aliphatic rings. The Bertz CT molecular complexity index is 485. The van der Waals surface area contributed by atoms with Crippen LogP contribution in [0.2, 0.25) is 15.2 Å². The Hall–Kier alpha value is -0.900. The molecule has 0 spiro atoms. The summed E-state index contributed by atoms with van der Waals surface area (Å²) in [6, 6.07) is 5.03. The molecule has 2 aromatic rings. The molecule has 0 atom stereocenters. The Kier molecular flexibility index (Phi) is 3.59. The molecule has 0 aliphatic heterocycles. The van der Waals surface area contributed by atoms with Crippen molar-refractivity contribution in [1.29, 1.82) is 0 Å². The van der Waals surface area contributed by atoms with Gasteiger partial charge in [-0.2, -0.15) is 4.98 Å². The van der Waals surface area contributed by atoms with Crippen molar-refractivity contribution in [3.63, 3.8) is 0 Å². The summed E-state index contributed by atoms with van der Waals surface area (Å²) in [4.78, 5) is 3.91. The normalized spacial score (nSPS) is 10.4. The second kappa shape index (κ2) is 4.95. The van der Waals surface area contributed by atoms with Crippen molar-refractivity contribution in [2.75, 3.05) is 0 Å². The zero-order valence-electron chi connectivity index (χ0n) is 7.91. The van der Waals surface area contributed by atoms with Crippen LogP contribution in [0.25, 0.3) is 0 Å². The zero-order chi connectivity index (χ0) is 11.5. The fourth-order valence-electron chi connectivity index (χ4n) is 1.06. The second-order valence-electron chi connectivity index (χ2n) is 2.92. The molecule has 2 heterocycles. The predicted octanol–water partition coefficient (Wildman–Crippen LogP) is 4.21. The molecule has 0 saturated carbocycles. The SMILES string of the molecule is Clc1cc(Cl)c(OCc2ccco2)nc1Cl. The molecule has 0 unspecified atom stereocenters. The van der Waals surface area contributed by atoms with Crippen LogP contribution in [0.3, 0.4) is 0 Å². The lowest BCUT2D eigenvalue weighted by atomic mass is 10.4. The van der Waals surface area contributed by atoms with Gasteiger partial charge in [-0.05, 0) is 18.2 Å². The van der Waals surface area contributed by atoms with Gasteiger partial charge in [0.1, 0.15) is 17.4 Å². The van der Waals surface area contributed by atoms with Crippen LogP contribution >= 0.6 is 34.8 Å². The van der Waals surface area contributed by atoms with Crippen molar-refractivity contribution in [1.82, 2.24) is 4.98 Å². The van der Waals surface area contributed by atoms with Gasteiger partial charge in [-0.15, -0.1) is 0 Å². The summed E-state index contributed by atoms with van der Waals surface area (Å²) in [5.74, 6) is 0.899. The molecule has 0 aliphatic carbocycles. The van der Waals surface area contributed by atoms with Gasteiger partial charge in [0, 0.05) is 0 Å². The number of pyridine rings is 1. The van der Waals surface area contributed by atoms with E-state index in [1.165, 1.54) is 6.07 Å². The molecule has 3 nitrogen and oxygen atoms in total. The maximum Gasteiger partial charge on any atom is 0.234 e. The highest BCUT2D eigenvalue weighted by atomic mass is 35.5. The molecule has 2 aromatic heterocycles. The number of aromatic nitrogens is 1. The van der Waals surface area contributed by atoms with Gasteiger partial charge in [0.05, 0.1) is 11.3 Å². The van der Waals surface area contributed by atoms with Gasteiger partial charge in [0.15, 0.2) is 5.15 Å².